The topological polar surface area (TPSA) is 124 Å². The van der Waals surface area contributed by atoms with Crippen molar-refractivity contribution < 1.29 is 33.6 Å². The van der Waals surface area contributed by atoms with Crippen molar-refractivity contribution in [1.29, 1.82) is 0 Å². The minimum atomic E-state index is -1.17. The van der Waals surface area contributed by atoms with E-state index >= 15 is 0 Å². The number of aliphatic imine (C=N–C) groups is 1. The summed E-state index contributed by atoms with van der Waals surface area (Å²) in [6.07, 6.45) is 1.18. The summed E-state index contributed by atoms with van der Waals surface area (Å²) in [5.41, 5.74) is 0.499. The van der Waals surface area contributed by atoms with E-state index in [0.717, 1.165) is 0 Å². The molecule has 10 heteroatoms. The fourth-order valence-electron chi connectivity index (χ4n) is 2.66. The maximum absolute atomic E-state index is 11.3. The Morgan fingerprint density at radius 1 is 1.13 bits per heavy atom. The van der Waals surface area contributed by atoms with Crippen molar-refractivity contribution in [3.63, 3.8) is 0 Å². The van der Waals surface area contributed by atoms with E-state index in [2.05, 4.69) is 9.98 Å². The number of oxazole rings is 1. The summed E-state index contributed by atoms with van der Waals surface area (Å²) >= 11 is 5.92. The lowest BCUT2D eigenvalue weighted by atomic mass is 10.2. The summed E-state index contributed by atoms with van der Waals surface area (Å²) in [6, 6.07) is 7.38. The molecule has 1 aromatic heterocycles. The van der Waals surface area contributed by atoms with Crippen molar-refractivity contribution in [2.75, 3.05) is 21.3 Å². The second kappa shape index (κ2) is 8.75. The molecule has 30 heavy (non-hydrogen) atoms. The van der Waals surface area contributed by atoms with E-state index in [1.54, 1.807) is 12.1 Å². The quantitative estimate of drug-likeness (QED) is 0.533. The van der Waals surface area contributed by atoms with Crippen LogP contribution in [-0.2, 0) is 0 Å². The lowest BCUT2D eigenvalue weighted by Gasteiger charge is -2.12. The SMILES string of the molecule is COc1cc(-c2nc(C=Nc3cc(Cl)ccc3C(=O)O)c(O)o2)cc(OC)c1OC. The molecule has 156 valence electrons. The summed E-state index contributed by atoms with van der Waals surface area (Å²) in [5.74, 6) is -0.446. The van der Waals surface area contributed by atoms with E-state index in [9.17, 15) is 15.0 Å². The molecule has 3 aromatic rings. The predicted octanol–water partition coefficient (Wildman–Crippen LogP) is 4.18. The van der Waals surface area contributed by atoms with Crippen molar-refractivity contribution in [1.82, 2.24) is 4.98 Å². The minimum absolute atomic E-state index is 0.00457. The zero-order valence-corrected chi connectivity index (χ0v) is 16.9. The molecule has 0 unspecified atom stereocenters. The Hall–Kier alpha value is -3.72. The lowest BCUT2D eigenvalue weighted by Crippen LogP contribution is -1.96. The molecule has 0 radical (unpaired) electrons. The summed E-state index contributed by atoms with van der Waals surface area (Å²) in [5, 5.41) is 19.7. The smallest absolute Gasteiger partial charge is 0.337 e. The van der Waals surface area contributed by atoms with Crippen LogP contribution in [0.5, 0.6) is 23.2 Å². The first-order valence-corrected chi connectivity index (χ1v) is 8.82. The average molecular weight is 433 g/mol. The van der Waals surface area contributed by atoms with Gasteiger partial charge in [0.25, 0.3) is 0 Å². The maximum Gasteiger partial charge on any atom is 0.337 e. The number of aromatic nitrogens is 1. The zero-order chi connectivity index (χ0) is 21.8. The second-order valence-corrected chi connectivity index (χ2v) is 6.28. The van der Waals surface area contributed by atoms with Gasteiger partial charge in [0.1, 0.15) is 0 Å². The van der Waals surface area contributed by atoms with Crippen LogP contribution < -0.4 is 14.2 Å². The summed E-state index contributed by atoms with van der Waals surface area (Å²) in [6.45, 7) is 0. The molecule has 0 bridgehead atoms. The molecular weight excluding hydrogens is 416 g/mol. The number of carboxylic acids is 1. The van der Waals surface area contributed by atoms with Crippen molar-refractivity contribution in [2.24, 2.45) is 4.99 Å². The van der Waals surface area contributed by atoms with Gasteiger partial charge in [0.2, 0.25) is 11.6 Å². The number of benzene rings is 2. The van der Waals surface area contributed by atoms with Crippen LogP contribution in [0.3, 0.4) is 0 Å². The van der Waals surface area contributed by atoms with E-state index in [-0.39, 0.29) is 22.8 Å². The van der Waals surface area contributed by atoms with Gasteiger partial charge in [0, 0.05) is 10.6 Å². The highest BCUT2D eigenvalue weighted by Crippen LogP contribution is 2.41. The fraction of sp³-hybridized carbons (Fsp3) is 0.150. The number of rotatable bonds is 7. The van der Waals surface area contributed by atoms with Gasteiger partial charge in [-0.05, 0) is 30.3 Å². The van der Waals surface area contributed by atoms with Gasteiger partial charge in [0.05, 0.1) is 38.8 Å². The molecule has 9 nitrogen and oxygen atoms in total. The van der Waals surface area contributed by atoms with Crippen molar-refractivity contribution in [2.45, 2.75) is 0 Å². The molecular formula is C20H17ClN2O7. The Morgan fingerprint density at radius 2 is 1.80 bits per heavy atom. The highest BCUT2D eigenvalue weighted by molar-refractivity contribution is 6.31. The first-order valence-electron chi connectivity index (χ1n) is 8.45. The molecule has 0 saturated carbocycles. The molecule has 0 fully saturated rings. The number of aromatic carboxylic acids is 1. The molecule has 3 rings (SSSR count). The fourth-order valence-corrected chi connectivity index (χ4v) is 2.83. The largest absolute Gasteiger partial charge is 0.493 e. The monoisotopic (exact) mass is 432 g/mol. The molecule has 0 atom stereocenters. The average Bonchev–Trinajstić information content (AvgIpc) is 3.11. The van der Waals surface area contributed by atoms with Gasteiger partial charge in [-0.3, -0.25) is 4.99 Å². The maximum atomic E-state index is 11.3. The normalized spacial score (nSPS) is 10.9. The number of halogens is 1. The van der Waals surface area contributed by atoms with Crippen LogP contribution in [0.1, 0.15) is 16.1 Å². The van der Waals surface area contributed by atoms with Gasteiger partial charge in [-0.15, -0.1) is 0 Å². The number of hydrogen-bond donors (Lipinski definition) is 2. The summed E-state index contributed by atoms with van der Waals surface area (Å²) in [7, 11) is 4.42. The number of methoxy groups -OCH3 is 3. The first-order chi connectivity index (χ1) is 14.4. The van der Waals surface area contributed by atoms with Gasteiger partial charge < -0.3 is 28.8 Å². The lowest BCUT2D eigenvalue weighted by molar-refractivity contribution is 0.0698. The van der Waals surface area contributed by atoms with Crippen LogP contribution in [0.15, 0.2) is 39.7 Å². The molecule has 0 aliphatic rings. The van der Waals surface area contributed by atoms with E-state index in [4.69, 9.17) is 30.2 Å². The molecule has 2 N–H and O–H groups in total. The molecule has 0 aliphatic carbocycles. The zero-order valence-electron chi connectivity index (χ0n) is 16.2. The van der Waals surface area contributed by atoms with E-state index in [1.807, 2.05) is 0 Å². The number of hydrogen-bond acceptors (Lipinski definition) is 8. The number of carboxylic acid groups (broad SMARTS) is 1. The van der Waals surface area contributed by atoms with Gasteiger partial charge in [-0.25, -0.2) is 9.78 Å². The Labute approximate surface area is 176 Å². The minimum Gasteiger partial charge on any atom is -0.493 e. The molecule has 0 amide bonds. The van der Waals surface area contributed by atoms with Crippen LogP contribution in [0.25, 0.3) is 11.5 Å². The van der Waals surface area contributed by atoms with Crippen LogP contribution in [0, 0.1) is 0 Å². The number of aromatic hydroxyl groups is 1. The third-order valence-electron chi connectivity index (χ3n) is 4.06. The van der Waals surface area contributed by atoms with Gasteiger partial charge >= 0.3 is 11.9 Å². The summed E-state index contributed by atoms with van der Waals surface area (Å²) in [4.78, 5) is 19.6. The van der Waals surface area contributed by atoms with E-state index in [1.165, 1.54) is 45.7 Å². The number of ether oxygens (including phenoxy) is 3. The van der Waals surface area contributed by atoms with Crippen molar-refractivity contribution in [3.05, 3.63) is 46.6 Å². The van der Waals surface area contributed by atoms with Crippen molar-refractivity contribution in [3.8, 4) is 34.6 Å². The molecule has 0 aliphatic heterocycles. The Kier molecular flexibility index (Phi) is 6.12. The van der Waals surface area contributed by atoms with Crippen LogP contribution in [0.2, 0.25) is 5.02 Å². The third-order valence-corrected chi connectivity index (χ3v) is 4.30. The Bertz CT molecular complexity index is 1100. The molecule has 0 saturated heterocycles. The molecule has 1 heterocycles. The first kappa shape index (κ1) is 21.0. The summed E-state index contributed by atoms with van der Waals surface area (Å²) < 4.78 is 21.2. The predicted molar refractivity (Wildman–Crippen MR) is 109 cm³/mol. The highest BCUT2D eigenvalue weighted by atomic mass is 35.5. The molecule has 2 aromatic carbocycles. The number of nitrogens with zero attached hydrogens (tertiary/aromatic N) is 2. The van der Waals surface area contributed by atoms with Crippen LogP contribution in [0.4, 0.5) is 5.69 Å². The van der Waals surface area contributed by atoms with E-state index in [0.29, 0.717) is 27.8 Å². The second-order valence-electron chi connectivity index (χ2n) is 5.85. The van der Waals surface area contributed by atoms with E-state index < -0.39 is 11.9 Å². The highest BCUT2D eigenvalue weighted by Gasteiger charge is 2.19. The van der Waals surface area contributed by atoms with Crippen LogP contribution in [-0.4, -0.2) is 48.7 Å². The third kappa shape index (κ3) is 4.15. The number of carbonyl (C=O) groups is 1. The van der Waals surface area contributed by atoms with Gasteiger partial charge in [-0.2, -0.15) is 0 Å². The van der Waals surface area contributed by atoms with Gasteiger partial charge in [-0.1, -0.05) is 11.6 Å². The Morgan fingerprint density at radius 3 is 2.37 bits per heavy atom. The standard InChI is InChI=1S/C20H17ClN2O7/c1-27-15-6-10(7-16(28-2)17(15)29-3)18-23-14(20(26)30-18)9-22-13-8-11(21)4-5-12(13)19(24)25/h4-9,26H,1-3H3,(H,24,25). The van der Waals surface area contributed by atoms with Crippen molar-refractivity contribution >= 4 is 29.5 Å². The van der Waals surface area contributed by atoms with Gasteiger partial charge in [0.15, 0.2) is 17.2 Å². The molecule has 0 spiro atoms. The van der Waals surface area contributed by atoms with Crippen LogP contribution >= 0.6 is 11.6 Å². The Balaban J connectivity index is 2.00.